The van der Waals surface area contributed by atoms with Gasteiger partial charge in [0.2, 0.25) is 5.91 Å². The number of nitrogens with one attached hydrogen (secondary N) is 1. The summed E-state index contributed by atoms with van der Waals surface area (Å²) < 4.78 is 30.6. The van der Waals surface area contributed by atoms with Crippen LogP contribution in [0, 0.1) is 12.8 Å². The lowest BCUT2D eigenvalue weighted by molar-refractivity contribution is -0.120. The number of rotatable bonds is 3. The minimum atomic E-state index is -3.64. The lowest BCUT2D eigenvalue weighted by Crippen LogP contribution is -2.41. The molecule has 0 atom stereocenters. The molecular weight excluding hydrogens is 448 g/mol. The van der Waals surface area contributed by atoms with Gasteiger partial charge in [-0.3, -0.25) is 4.79 Å². The number of thiazole rings is 1. The number of likely N-dealkylation sites (tertiary alicyclic amines) is 1. The molecule has 2 aliphatic rings. The highest BCUT2D eigenvalue weighted by atomic mass is 32.2. The summed E-state index contributed by atoms with van der Waals surface area (Å²) in [6.45, 7) is 3.04. The number of amides is 1. The molecule has 4 heterocycles. The van der Waals surface area contributed by atoms with Crippen molar-refractivity contribution in [1.29, 1.82) is 0 Å². The second-order valence-corrected chi connectivity index (χ2v) is 10.5. The molecule has 1 aromatic carbocycles. The SMILES string of the molecule is Cc1nc(NC(=O)C2CCN(C3=NS(=O)(=O)c4ccccc43)CC2)sc1-c1nccn1C. The number of aromatic nitrogens is 3. The number of amidine groups is 1. The normalized spacial score (nSPS) is 17.8. The van der Waals surface area contributed by atoms with E-state index in [9.17, 15) is 13.2 Å². The number of piperidine rings is 1. The molecule has 5 rings (SSSR count). The smallest absolute Gasteiger partial charge is 0.285 e. The number of carbonyl (C=O) groups excluding carboxylic acids is 1. The van der Waals surface area contributed by atoms with E-state index in [0.717, 1.165) is 16.4 Å². The molecule has 0 aliphatic carbocycles. The number of carbonyl (C=O) groups is 1. The summed E-state index contributed by atoms with van der Waals surface area (Å²) in [5.41, 5.74) is 1.46. The summed E-state index contributed by atoms with van der Waals surface area (Å²) in [6, 6.07) is 6.87. The van der Waals surface area contributed by atoms with Crippen LogP contribution in [0.4, 0.5) is 5.13 Å². The molecule has 2 aliphatic heterocycles. The van der Waals surface area contributed by atoms with Crippen molar-refractivity contribution in [1.82, 2.24) is 19.4 Å². The number of hydrogen-bond donors (Lipinski definition) is 1. The highest BCUT2D eigenvalue weighted by molar-refractivity contribution is 7.90. The molecule has 11 heteroatoms. The van der Waals surface area contributed by atoms with E-state index in [-0.39, 0.29) is 16.7 Å². The molecule has 3 aromatic rings. The number of anilines is 1. The second-order valence-electron chi connectivity index (χ2n) is 7.93. The number of imidazole rings is 1. The Bertz CT molecular complexity index is 1330. The monoisotopic (exact) mass is 470 g/mol. The fourth-order valence-corrected chi connectivity index (χ4v) is 6.36. The van der Waals surface area contributed by atoms with Gasteiger partial charge in [0.15, 0.2) is 16.8 Å². The van der Waals surface area contributed by atoms with E-state index in [2.05, 4.69) is 19.7 Å². The van der Waals surface area contributed by atoms with Gasteiger partial charge in [0.1, 0.15) is 4.90 Å². The average Bonchev–Trinajstić information content (AvgIpc) is 3.44. The van der Waals surface area contributed by atoms with Crippen LogP contribution < -0.4 is 5.32 Å². The van der Waals surface area contributed by atoms with E-state index < -0.39 is 10.0 Å². The van der Waals surface area contributed by atoms with E-state index >= 15 is 0 Å². The zero-order chi connectivity index (χ0) is 22.5. The minimum Gasteiger partial charge on any atom is -0.355 e. The minimum absolute atomic E-state index is 0.0637. The molecule has 2 aromatic heterocycles. The van der Waals surface area contributed by atoms with Crippen LogP contribution in [0.1, 0.15) is 24.1 Å². The largest absolute Gasteiger partial charge is 0.355 e. The van der Waals surface area contributed by atoms with Crippen LogP contribution in [-0.2, 0) is 21.9 Å². The highest BCUT2D eigenvalue weighted by Gasteiger charge is 2.34. The average molecular weight is 471 g/mol. The molecule has 0 spiro atoms. The van der Waals surface area contributed by atoms with Crippen molar-refractivity contribution in [2.45, 2.75) is 24.7 Å². The molecule has 9 nitrogen and oxygen atoms in total. The zero-order valence-electron chi connectivity index (χ0n) is 17.6. The van der Waals surface area contributed by atoms with Gasteiger partial charge >= 0.3 is 0 Å². The number of aryl methyl sites for hydroxylation is 2. The molecule has 166 valence electrons. The van der Waals surface area contributed by atoms with Crippen LogP contribution in [0.25, 0.3) is 10.7 Å². The molecule has 0 unspecified atom stereocenters. The van der Waals surface area contributed by atoms with Crippen molar-refractivity contribution in [2.75, 3.05) is 18.4 Å². The highest BCUT2D eigenvalue weighted by Crippen LogP contribution is 2.33. The standard InChI is InChI=1S/C21H22N6O3S2/c1-13-17(19-22-9-12-26(19)2)31-21(23-13)24-20(28)14-7-10-27(11-8-14)18-15-5-3-4-6-16(15)32(29,30)25-18/h3-6,9,12,14H,7-8,10-11H2,1-2H3,(H,23,24,28). The van der Waals surface area contributed by atoms with Gasteiger partial charge < -0.3 is 14.8 Å². The maximum atomic E-state index is 12.9. The van der Waals surface area contributed by atoms with Gasteiger partial charge in [0, 0.05) is 44.0 Å². The van der Waals surface area contributed by atoms with Crippen LogP contribution in [-0.4, -0.2) is 52.7 Å². The number of nitrogens with zero attached hydrogens (tertiary/aromatic N) is 5. The van der Waals surface area contributed by atoms with Crippen molar-refractivity contribution < 1.29 is 13.2 Å². The molecular formula is C21H22N6O3S2. The van der Waals surface area contributed by atoms with Crippen LogP contribution in [0.5, 0.6) is 0 Å². The predicted octanol–water partition coefficient (Wildman–Crippen LogP) is 2.65. The number of hydrogen-bond acceptors (Lipinski definition) is 7. The van der Waals surface area contributed by atoms with Gasteiger partial charge in [-0.1, -0.05) is 23.5 Å². The third-order valence-electron chi connectivity index (χ3n) is 5.83. The van der Waals surface area contributed by atoms with Crippen molar-refractivity contribution in [2.24, 2.45) is 17.4 Å². The molecule has 1 saturated heterocycles. The van der Waals surface area contributed by atoms with Crippen LogP contribution >= 0.6 is 11.3 Å². The van der Waals surface area contributed by atoms with Crippen LogP contribution in [0.15, 0.2) is 46.0 Å². The summed E-state index contributed by atoms with van der Waals surface area (Å²) in [4.78, 5) is 24.9. The third-order valence-corrected chi connectivity index (χ3v) is 8.22. The lowest BCUT2D eigenvalue weighted by atomic mass is 9.95. The maximum absolute atomic E-state index is 12.9. The van der Waals surface area contributed by atoms with E-state index in [1.807, 2.05) is 35.7 Å². The molecule has 1 amide bonds. The molecule has 0 saturated carbocycles. The van der Waals surface area contributed by atoms with Gasteiger partial charge in [-0.2, -0.15) is 8.42 Å². The van der Waals surface area contributed by atoms with Crippen LogP contribution in [0.2, 0.25) is 0 Å². The second kappa shape index (κ2) is 7.82. The van der Waals surface area contributed by atoms with E-state index in [4.69, 9.17) is 0 Å². The van der Waals surface area contributed by atoms with Crippen LogP contribution in [0.3, 0.4) is 0 Å². The van der Waals surface area contributed by atoms with Gasteiger partial charge in [0.25, 0.3) is 10.0 Å². The third kappa shape index (κ3) is 3.61. The fraction of sp³-hybridized carbons (Fsp3) is 0.333. The van der Waals surface area contributed by atoms with E-state index in [1.54, 1.807) is 24.4 Å². The summed E-state index contributed by atoms with van der Waals surface area (Å²) in [6.07, 6.45) is 4.84. The van der Waals surface area contributed by atoms with Gasteiger partial charge in [0.05, 0.1) is 10.6 Å². The number of sulfonamides is 1. The van der Waals surface area contributed by atoms with Crippen molar-refractivity contribution >= 4 is 38.2 Å². The predicted molar refractivity (Wildman–Crippen MR) is 122 cm³/mol. The van der Waals surface area contributed by atoms with Crippen molar-refractivity contribution in [3.05, 3.63) is 47.9 Å². The Morgan fingerprint density at radius 1 is 1.22 bits per heavy atom. The van der Waals surface area contributed by atoms with Gasteiger partial charge in [-0.25, -0.2) is 9.97 Å². The Morgan fingerprint density at radius 3 is 2.69 bits per heavy atom. The van der Waals surface area contributed by atoms with Crippen molar-refractivity contribution in [3.63, 3.8) is 0 Å². The first-order chi connectivity index (χ1) is 15.3. The lowest BCUT2D eigenvalue weighted by Gasteiger charge is -2.32. The fourth-order valence-electron chi connectivity index (χ4n) is 4.12. The maximum Gasteiger partial charge on any atom is 0.285 e. The topological polar surface area (TPSA) is 110 Å². The Hall–Kier alpha value is -3.05. The Balaban J connectivity index is 1.25. The summed E-state index contributed by atoms with van der Waals surface area (Å²) in [5, 5.41) is 3.52. The summed E-state index contributed by atoms with van der Waals surface area (Å²) >= 11 is 1.41. The first-order valence-corrected chi connectivity index (χ1v) is 12.5. The summed E-state index contributed by atoms with van der Waals surface area (Å²) in [5.74, 6) is 1.07. The van der Waals surface area contributed by atoms with Gasteiger partial charge in [-0.15, -0.1) is 4.40 Å². The zero-order valence-corrected chi connectivity index (χ0v) is 19.3. The quantitative estimate of drug-likeness (QED) is 0.630. The number of benzene rings is 1. The Morgan fingerprint density at radius 2 is 1.97 bits per heavy atom. The Labute approximate surface area is 189 Å². The molecule has 0 radical (unpaired) electrons. The first-order valence-electron chi connectivity index (χ1n) is 10.3. The van der Waals surface area contributed by atoms with E-state index in [0.29, 0.717) is 42.5 Å². The molecule has 1 N–H and O–H groups in total. The summed E-state index contributed by atoms with van der Waals surface area (Å²) in [7, 11) is -1.72. The molecule has 0 bridgehead atoms. The molecule has 1 fully saturated rings. The Kier molecular flexibility index (Phi) is 5.09. The van der Waals surface area contributed by atoms with E-state index in [1.165, 1.54) is 11.3 Å². The number of fused-ring (bicyclic) bond motifs is 1. The first kappa shape index (κ1) is 20.8. The van der Waals surface area contributed by atoms with Gasteiger partial charge in [-0.05, 0) is 31.9 Å². The van der Waals surface area contributed by atoms with Crippen molar-refractivity contribution in [3.8, 4) is 10.7 Å². The molecule has 32 heavy (non-hydrogen) atoms.